The molecule has 3 N–H and O–H groups in total. The van der Waals surface area contributed by atoms with Crippen molar-refractivity contribution in [1.29, 1.82) is 0 Å². The van der Waals surface area contributed by atoms with Crippen LogP contribution < -0.4 is 5.32 Å². The predicted octanol–water partition coefficient (Wildman–Crippen LogP) is -1.02. The van der Waals surface area contributed by atoms with Crippen LogP contribution in [0.4, 0.5) is 0 Å². The maximum absolute atomic E-state index is 11.2. The van der Waals surface area contributed by atoms with Gasteiger partial charge in [0.25, 0.3) is 0 Å². The number of amides is 1. The summed E-state index contributed by atoms with van der Waals surface area (Å²) in [6.45, 7) is 0. The average molecular weight is 247 g/mol. The number of aliphatic carboxylic acids is 2. The Hall–Kier alpha value is -2.12. The van der Waals surface area contributed by atoms with Crippen LogP contribution in [0.2, 0.25) is 0 Å². The quantitative estimate of drug-likeness (QED) is 0.491. The van der Waals surface area contributed by atoms with E-state index < -0.39 is 36.3 Å². The second-order valence-corrected chi connectivity index (χ2v) is 3.13. The van der Waals surface area contributed by atoms with Crippen LogP contribution >= 0.6 is 0 Å². The summed E-state index contributed by atoms with van der Waals surface area (Å²) in [4.78, 5) is 42.8. The highest BCUT2D eigenvalue weighted by molar-refractivity contribution is 5.88. The summed E-state index contributed by atoms with van der Waals surface area (Å²) in [5, 5.41) is 19.0. The number of methoxy groups -OCH3 is 1. The van der Waals surface area contributed by atoms with Crippen LogP contribution in [0.25, 0.3) is 0 Å². The molecule has 96 valence electrons. The summed E-state index contributed by atoms with van der Waals surface area (Å²) in [5.74, 6) is -4.11. The van der Waals surface area contributed by atoms with Crippen molar-refractivity contribution in [2.75, 3.05) is 7.11 Å². The van der Waals surface area contributed by atoms with Crippen molar-refractivity contribution in [1.82, 2.24) is 5.32 Å². The minimum atomic E-state index is -1.50. The molecule has 0 aromatic rings. The van der Waals surface area contributed by atoms with E-state index in [1.807, 2.05) is 5.32 Å². The number of hydrogen-bond acceptors (Lipinski definition) is 5. The number of nitrogens with one attached hydrogen (secondary N) is 1. The van der Waals surface area contributed by atoms with Crippen molar-refractivity contribution in [3.05, 3.63) is 0 Å². The van der Waals surface area contributed by atoms with Gasteiger partial charge in [-0.25, -0.2) is 4.79 Å². The number of ether oxygens (including phenoxy) is 1. The van der Waals surface area contributed by atoms with Crippen LogP contribution in [-0.2, 0) is 23.9 Å². The number of carbonyl (C=O) groups excluding carboxylic acids is 2. The van der Waals surface area contributed by atoms with Crippen molar-refractivity contribution in [3.8, 4) is 0 Å². The van der Waals surface area contributed by atoms with Crippen LogP contribution in [0.1, 0.15) is 19.3 Å². The van der Waals surface area contributed by atoms with Gasteiger partial charge in [-0.2, -0.15) is 0 Å². The Kier molecular flexibility index (Phi) is 6.30. The van der Waals surface area contributed by atoms with E-state index in [1.54, 1.807) is 0 Å². The predicted molar refractivity (Wildman–Crippen MR) is 53.1 cm³/mol. The van der Waals surface area contributed by atoms with Gasteiger partial charge in [0, 0.05) is 6.42 Å². The van der Waals surface area contributed by atoms with Gasteiger partial charge in [-0.3, -0.25) is 14.4 Å². The number of hydrogen-bond donors (Lipinski definition) is 3. The van der Waals surface area contributed by atoms with E-state index in [4.69, 9.17) is 10.2 Å². The van der Waals surface area contributed by atoms with Crippen LogP contribution in [-0.4, -0.2) is 47.2 Å². The number of esters is 1. The smallest absolute Gasteiger partial charge is 0.326 e. The molecule has 0 bridgehead atoms. The summed E-state index contributed by atoms with van der Waals surface area (Å²) in [7, 11) is 1.16. The van der Waals surface area contributed by atoms with Gasteiger partial charge in [0.05, 0.1) is 20.0 Å². The van der Waals surface area contributed by atoms with Crippen LogP contribution in [0.5, 0.6) is 0 Å². The van der Waals surface area contributed by atoms with Gasteiger partial charge in [0.2, 0.25) is 5.91 Å². The van der Waals surface area contributed by atoms with Gasteiger partial charge in [0.15, 0.2) is 0 Å². The van der Waals surface area contributed by atoms with E-state index >= 15 is 0 Å². The summed E-state index contributed by atoms with van der Waals surface area (Å²) in [6.07, 6.45) is -1.17. The first kappa shape index (κ1) is 14.9. The fourth-order valence-electron chi connectivity index (χ4n) is 0.959. The third kappa shape index (κ3) is 6.88. The number of rotatable bonds is 7. The molecule has 0 fully saturated rings. The fourth-order valence-corrected chi connectivity index (χ4v) is 0.959. The van der Waals surface area contributed by atoms with Crippen molar-refractivity contribution in [3.63, 3.8) is 0 Å². The van der Waals surface area contributed by atoms with Gasteiger partial charge in [-0.15, -0.1) is 0 Å². The molecule has 0 spiro atoms. The van der Waals surface area contributed by atoms with Gasteiger partial charge in [-0.1, -0.05) is 0 Å². The first-order valence-corrected chi connectivity index (χ1v) is 4.67. The normalized spacial score (nSPS) is 11.4. The lowest BCUT2D eigenvalue weighted by Crippen LogP contribution is -2.42. The molecule has 8 nitrogen and oxygen atoms in total. The highest BCUT2D eigenvalue weighted by Gasteiger charge is 2.23. The van der Waals surface area contributed by atoms with Crippen LogP contribution in [0.3, 0.4) is 0 Å². The third-order valence-corrected chi connectivity index (χ3v) is 1.80. The fraction of sp³-hybridized carbons (Fsp3) is 0.556. The molecular weight excluding hydrogens is 234 g/mol. The molecule has 0 rings (SSSR count). The SMILES string of the molecule is COC(=O)CCC(=O)NC(CC(=O)O)C(=O)O. The molecule has 0 heterocycles. The first-order valence-electron chi connectivity index (χ1n) is 4.67. The molecule has 0 aromatic carbocycles. The first-order chi connectivity index (χ1) is 7.86. The molecule has 1 amide bonds. The molecule has 0 aromatic heterocycles. The van der Waals surface area contributed by atoms with E-state index in [0.29, 0.717) is 0 Å². The molecule has 8 heteroatoms. The highest BCUT2D eigenvalue weighted by atomic mass is 16.5. The second-order valence-electron chi connectivity index (χ2n) is 3.13. The Labute approximate surface area is 96.6 Å². The zero-order valence-electron chi connectivity index (χ0n) is 9.13. The van der Waals surface area contributed by atoms with E-state index in [2.05, 4.69) is 4.74 Å². The molecule has 0 aliphatic rings. The number of carbonyl (C=O) groups is 4. The Morgan fingerprint density at radius 1 is 1.18 bits per heavy atom. The van der Waals surface area contributed by atoms with Crippen molar-refractivity contribution >= 4 is 23.8 Å². The average Bonchev–Trinajstić information content (AvgIpc) is 2.24. The number of carboxylic acid groups (broad SMARTS) is 2. The van der Waals surface area contributed by atoms with Crippen LogP contribution in [0, 0.1) is 0 Å². The largest absolute Gasteiger partial charge is 0.481 e. The van der Waals surface area contributed by atoms with Gasteiger partial charge in [0.1, 0.15) is 6.04 Å². The Morgan fingerprint density at radius 3 is 2.18 bits per heavy atom. The summed E-state index contributed by atoms with van der Waals surface area (Å²) in [6, 6.07) is -1.50. The molecule has 1 unspecified atom stereocenters. The second kappa shape index (κ2) is 7.20. The monoisotopic (exact) mass is 247 g/mol. The Morgan fingerprint density at radius 2 is 1.76 bits per heavy atom. The standard InChI is InChI=1S/C9H13NO7/c1-17-8(14)3-2-6(11)10-5(9(15)16)4-7(12)13/h5H,2-4H2,1H3,(H,10,11)(H,12,13)(H,15,16). The number of carboxylic acids is 2. The zero-order chi connectivity index (χ0) is 13.4. The van der Waals surface area contributed by atoms with Crippen molar-refractivity contribution in [2.45, 2.75) is 25.3 Å². The minimum absolute atomic E-state index is 0.193. The molecule has 0 aliphatic heterocycles. The Bertz CT molecular complexity index is 325. The third-order valence-electron chi connectivity index (χ3n) is 1.80. The van der Waals surface area contributed by atoms with E-state index in [9.17, 15) is 19.2 Å². The summed E-state index contributed by atoms with van der Waals surface area (Å²) in [5.41, 5.74) is 0. The molecular formula is C9H13NO7. The molecule has 1 atom stereocenters. The minimum Gasteiger partial charge on any atom is -0.481 e. The van der Waals surface area contributed by atoms with Gasteiger partial charge >= 0.3 is 17.9 Å². The molecule has 17 heavy (non-hydrogen) atoms. The maximum atomic E-state index is 11.2. The van der Waals surface area contributed by atoms with E-state index in [1.165, 1.54) is 0 Å². The summed E-state index contributed by atoms with van der Waals surface area (Å²) < 4.78 is 4.29. The lowest BCUT2D eigenvalue weighted by molar-refractivity contribution is -0.147. The van der Waals surface area contributed by atoms with Crippen LogP contribution in [0.15, 0.2) is 0 Å². The van der Waals surface area contributed by atoms with Gasteiger partial charge < -0.3 is 20.3 Å². The molecule has 0 saturated carbocycles. The molecule has 0 radical (unpaired) electrons. The van der Waals surface area contributed by atoms with Gasteiger partial charge in [-0.05, 0) is 0 Å². The Balaban J connectivity index is 4.17. The van der Waals surface area contributed by atoms with E-state index in [0.717, 1.165) is 7.11 Å². The molecule has 0 aliphatic carbocycles. The van der Waals surface area contributed by atoms with Crippen molar-refractivity contribution < 1.29 is 34.1 Å². The van der Waals surface area contributed by atoms with Crippen molar-refractivity contribution in [2.24, 2.45) is 0 Å². The zero-order valence-corrected chi connectivity index (χ0v) is 9.13. The molecule has 0 saturated heterocycles. The lowest BCUT2D eigenvalue weighted by Gasteiger charge is -2.11. The lowest BCUT2D eigenvalue weighted by atomic mass is 10.2. The van der Waals surface area contributed by atoms with E-state index in [-0.39, 0.29) is 12.8 Å². The summed E-state index contributed by atoms with van der Waals surface area (Å²) >= 11 is 0. The maximum Gasteiger partial charge on any atom is 0.326 e. The topological polar surface area (TPSA) is 130 Å². The highest BCUT2D eigenvalue weighted by Crippen LogP contribution is 1.97.